The summed E-state index contributed by atoms with van der Waals surface area (Å²) in [5, 5.41) is 0. The Morgan fingerprint density at radius 1 is 1.06 bits per heavy atom. The second-order valence-corrected chi connectivity index (χ2v) is 3.94. The van der Waals surface area contributed by atoms with Crippen molar-refractivity contribution >= 4 is 11.6 Å². The van der Waals surface area contributed by atoms with Crippen LogP contribution in [0.1, 0.15) is 20.8 Å². The molecule has 4 heteroatoms. The molecular formula is C13H9N2O2+. The number of carbonyl (C=O) groups excluding carboxylic acids is 2. The zero-order chi connectivity index (χ0) is 12.0. The van der Waals surface area contributed by atoms with Crippen molar-refractivity contribution in [3.05, 3.63) is 47.9 Å². The van der Waals surface area contributed by atoms with Gasteiger partial charge < -0.3 is 0 Å². The van der Waals surface area contributed by atoms with Crippen LogP contribution in [-0.4, -0.2) is 16.6 Å². The van der Waals surface area contributed by atoms with Crippen LogP contribution in [0.4, 0.5) is 0 Å². The van der Waals surface area contributed by atoms with Gasteiger partial charge in [-0.25, -0.2) is 4.57 Å². The highest BCUT2D eigenvalue weighted by atomic mass is 16.2. The van der Waals surface area contributed by atoms with Gasteiger partial charge in [0.2, 0.25) is 11.5 Å². The van der Waals surface area contributed by atoms with Crippen molar-refractivity contribution in [2.24, 2.45) is 7.05 Å². The SMILES string of the molecule is C[n+]1cccc2c1-c1cccnc1C(=O)C2=O. The highest BCUT2D eigenvalue weighted by Crippen LogP contribution is 2.28. The third-order valence-electron chi connectivity index (χ3n) is 2.91. The molecule has 4 nitrogen and oxygen atoms in total. The Morgan fingerprint density at radius 2 is 1.82 bits per heavy atom. The van der Waals surface area contributed by atoms with Gasteiger partial charge in [0.1, 0.15) is 12.7 Å². The van der Waals surface area contributed by atoms with Gasteiger partial charge in [0.15, 0.2) is 6.20 Å². The number of nitrogens with zero attached hydrogens (tertiary/aromatic N) is 2. The Bertz CT molecular complexity index is 662. The summed E-state index contributed by atoms with van der Waals surface area (Å²) in [5.74, 6) is -1.01. The molecule has 2 aromatic rings. The maximum absolute atomic E-state index is 11.9. The fourth-order valence-corrected chi connectivity index (χ4v) is 2.14. The molecule has 0 saturated heterocycles. The van der Waals surface area contributed by atoms with Crippen LogP contribution in [0.15, 0.2) is 36.7 Å². The molecule has 0 aliphatic heterocycles. The highest BCUT2D eigenvalue weighted by Gasteiger charge is 2.36. The first-order valence-electron chi connectivity index (χ1n) is 5.23. The van der Waals surface area contributed by atoms with Gasteiger partial charge in [-0.15, -0.1) is 0 Å². The topological polar surface area (TPSA) is 50.9 Å². The first-order chi connectivity index (χ1) is 8.20. The van der Waals surface area contributed by atoms with Crippen LogP contribution in [0.3, 0.4) is 0 Å². The average molecular weight is 225 g/mol. The second kappa shape index (κ2) is 3.31. The van der Waals surface area contributed by atoms with Gasteiger partial charge in [-0.05, 0) is 18.2 Å². The fraction of sp³-hybridized carbons (Fsp3) is 0.0769. The number of ketones is 2. The molecule has 0 atom stereocenters. The minimum Gasteiger partial charge on any atom is -0.285 e. The molecule has 0 aromatic carbocycles. The monoisotopic (exact) mass is 225 g/mol. The van der Waals surface area contributed by atoms with Crippen molar-refractivity contribution < 1.29 is 14.2 Å². The minimum absolute atomic E-state index is 0.242. The molecule has 0 fully saturated rings. The summed E-state index contributed by atoms with van der Waals surface area (Å²) in [7, 11) is 1.85. The van der Waals surface area contributed by atoms with Crippen molar-refractivity contribution in [3.8, 4) is 11.3 Å². The quantitative estimate of drug-likeness (QED) is 0.495. The molecule has 0 amide bonds. The number of carbonyl (C=O) groups is 2. The molecule has 1 aliphatic carbocycles. The van der Waals surface area contributed by atoms with Gasteiger partial charge in [0.05, 0.1) is 11.1 Å². The van der Waals surface area contributed by atoms with E-state index in [1.165, 1.54) is 6.20 Å². The van der Waals surface area contributed by atoms with E-state index in [4.69, 9.17) is 0 Å². The smallest absolute Gasteiger partial charge is 0.252 e. The second-order valence-electron chi connectivity index (χ2n) is 3.94. The standard InChI is InChI=1S/C13H9N2O2/c1-15-7-3-5-9-11(15)8-4-2-6-14-10(8)13(17)12(9)16/h2-7H,1H3/q+1. The first-order valence-corrected chi connectivity index (χ1v) is 5.23. The largest absolute Gasteiger partial charge is 0.285 e. The molecular weight excluding hydrogens is 216 g/mol. The lowest BCUT2D eigenvalue weighted by molar-refractivity contribution is -0.660. The molecule has 82 valence electrons. The Hall–Kier alpha value is -2.36. The zero-order valence-corrected chi connectivity index (χ0v) is 9.18. The normalized spacial score (nSPS) is 13.2. The molecule has 2 aromatic heterocycles. The third kappa shape index (κ3) is 1.24. The van der Waals surface area contributed by atoms with E-state index in [-0.39, 0.29) is 5.69 Å². The van der Waals surface area contributed by atoms with Crippen molar-refractivity contribution in [1.82, 2.24) is 4.98 Å². The van der Waals surface area contributed by atoms with Crippen LogP contribution in [0.2, 0.25) is 0 Å². The first kappa shape index (κ1) is 9.84. The molecule has 0 bridgehead atoms. The van der Waals surface area contributed by atoms with E-state index in [1.807, 2.05) is 23.9 Å². The van der Waals surface area contributed by atoms with E-state index >= 15 is 0 Å². The lowest BCUT2D eigenvalue weighted by atomic mass is 9.90. The highest BCUT2D eigenvalue weighted by molar-refractivity contribution is 6.52. The predicted molar refractivity (Wildman–Crippen MR) is 59.5 cm³/mol. The van der Waals surface area contributed by atoms with Crippen LogP contribution in [0.25, 0.3) is 11.3 Å². The van der Waals surface area contributed by atoms with Crippen LogP contribution >= 0.6 is 0 Å². The van der Waals surface area contributed by atoms with Crippen LogP contribution in [0, 0.1) is 0 Å². The van der Waals surface area contributed by atoms with E-state index in [0.717, 1.165) is 11.3 Å². The van der Waals surface area contributed by atoms with Gasteiger partial charge in [0.25, 0.3) is 5.78 Å². The van der Waals surface area contributed by atoms with Crippen molar-refractivity contribution in [2.45, 2.75) is 0 Å². The van der Waals surface area contributed by atoms with Crippen LogP contribution < -0.4 is 4.57 Å². The van der Waals surface area contributed by atoms with Crippen molar-refractivity contribution in [3.63, 3.8) is 0 Å². The number of fused-ring (bicyclic) bond motifs is 3. The Kier molecular flexibility index (Phi) is 1.92. The molecule has 0 N–H and O–H groups in total. The molecule has 0 spiro atoms. The lowest BCUT2D eigenvalue weighted by Gasteiger charge is -2.13. The van der Waals surface area contributed by atoms with E-state index in [0.29, 0.717) is 5.56 Å². The van der Waals surface area contributed by atoms with Gasteiger partial charge in [-0.1, -0.05) is 0 Å². The average Bonchev–Trinajstić information content (AvgIpc) is 2.36. The van der Waals surface area contributed by atoms with Gasteiger partial charge >= 0.3 is 0 Å². The predicted octanol–water partition coefficient (Wildman–Crippen LogP) is 0.952. The molecule has 0 saturated carbocycles. The van der Waals surface area contributed by atoms with Crippen molar-refractivity contribution in [1.29, 1.82) is 0 Å². The minimum atomic E-state index is -0.528. The van der Waals surface area contributed by atoms with Crippen molar-refractivity contribution in [2.75, 3.05) is 0 Å². The summed E-state index contributed by atoms with van der Waals surface area (Å²) in [6, 6.07) is 7.00. The van der Waals surface area contributed by atoms with E-state index < -0.39 is 11.6 Å². The Balaban J connectivity index is 2.45. The lowest BCUT2D eigenvalue weighted by Crippen LogP contribution is -2.37. The van der Waals surface area contributed by atoms with Gasteiger partial charge in [-0.3, -0.25) is 14.6 Å². The van der Waals surface area contributed by atoms with Crippen LogP contribution in [-0.2, 0) is 7.05 Å². The summed E-state index contributed by atoms with van der Waals surface area (Å²) in [6.07, 6.45) is 3.37. The summed E-state index contributed by atoms with van der Waals surface area (Å²) in [4.78, 5) is 27.8. The Morgan fingerprint density at radius 3 is 2.65 bits per heavy atom. The molecule has 2 heterocycles. The van der Waals surface area contributed by atoms with E-state index in [2.05, 4.69) is 4.98 Å². The molecule has 3 rings (SSSR count). The number of aryl methyl sites for hydroxylation is 1. The maximum Gasteiger partial charge on any atom is 0.252 e. The number of rotatable bonds is 0. The molecule has 0 radical (unpaired) electrons. The van der Waals surface area contributed by atoms with Gasteiger partial charge in [-0.2, -0.15) is 0 Å². The third-order valence-corrected chi connectivity index (χ3v) is 2.91. The zero-order valence-electron chi connectivity index (χ0n) is 9.18. The van der Waals surface area contributed by atoms with E-state index in [1.54, 1.807) is 18.2 Å². The summed E-state index contributed by atoms with van der Waals surface area (Å²) < 4.78 is 1.83. The number of hydrogen-bond donors (Lipinski definition) is 0. The fourth-order valence-electron chi connectivity index (χ4n) is 2.14. The molecule has 1 aliphatic rings. The number of aromatic nitrogens is 2. The number of hydrogen-bond acceptors (Lipinski definition) is 3. The number of Topliss-reactive ketones (excluding diaryl/α,β-unsaturated/α-hetero) is 2. The molecule has 0 unspecified atom stereocenters. The summed E-state index contributed by atoms with van der Waals surface area (Å²) in [5.41, 5.74) is 2.16. The Labute approximate surface area is 97.5 Å². The number of pyridine rings is 2. The van der Waals surface area contributed by atoms with Gasteiger partial charge in [0, 0.05) is 12.3 Å². The maximum atomic E-state index is 11.9. The molecule has 17 heavy (non-hydrogen) atoms. The van der Waals surface area contributed by atoms with Crippen LogP contribution in [0.5, 0.6) is 0 Å². The summed E-state index contributed by atoms with van der Waals surface area (Å²) in [6.45, 7) is 0. The summed E-state index contributed by atoms with van der Waals surface area (Å²) >= 11 is 0. The van der Waals surface area contributed by atoms with E-state index in [9.17, 15) is 9.59 Å².